The van der Waals surface area contributed by atoms with Gasteiger partial charge in [-0.15, -0.1) is 11.3 Å². The number of aromatic nitrogens is 1. The number of anilines is 1. The SMILES string of the molecule is CNc1ccc(C(=O)NCc2ncc(C)s2)c(C)c1. The molecule has 0 unspecified atom stereocenters. The minimum Gasteiger partial charge on any atom is -0.388 e. The first-order chi connectivity index (χ1) is 9.10. The number of amides is 1. The van der Waals surface area contributed by atoms with Gasteiger partial charge in [-0.3, -0.25) is 4.79 Å². The normalized spacial score (nSPS) is 10.3. The smallest absolute Gasteiger partial charge is 0.251 e. The van der Waals surface area contributed by atoms with Gasteiger partial charge in [0.2, 0.25) is 0 Å². The predicted molar refractivity (Wildman–Crippen MR) is 78.7 cm³/mol. The molecular formula is C14H17N3OS. The van der Waals surface area contributed by atoms with Gasteiger partial charge in [0.05, 0.1) is 6.54 Å². The van der Waals surface area contributed by atoms with E-state index in [1.165, 1.54) is 0 Å². The molecular weight excluding hydrogens is 258 g/mol. The first kappa shape index (κ1) is 13.5. The van der Waals surface area contributed by atoms with Crippen molar-refractivity contribution in [2.75, 3.05) is 12.4 Å². The fourth-order valence-corrected chi connectivity index (χ4v) is 2.54. The van der Waals surface area contributed by atoms with E-state index < -0.39 is 0 Å². The Hall–Kier alpha value is -1.88. The first-order valence-electron chi connectivity index (χ1n) is 6.08. The Bertz CT molecular complexity index is 592. The monoisotopic (exact) mass is 275 g/mol. The van der Waals surface area contributed by atoms with Crippen molar-refractivity contribution < 1.29 is 4.79 Å². The van der Waals surface area contributed by atoms with Crippen LogP contribution in [0.15, 0.2) is 24.4 Å². The van der Waals surface area contributed by atoms with Crippen molar-refractivity contribution in [3.8, 4) is 0 Å². The molecule has 0 aliphatic rings. The third kappa shape index (κ3) is 3.32. The zero-order chi connectivity index (χ0) is 13.8. The summed E-state index contributed by atoms with van der Waals surface area (Å²) in [6, 6.07) is 5.70. The fourth-order valence-electron chi connectivity index (χ4n) is 1.81. The van der Waals surface area contributed by atoms with Crippen LogP contribution in [0.1, 0.15) is 25.8 Å². The molecule has 0 fully saturated rings. The van der Waals surface area contributed by atoms with Crippen molar-refractivity contribution in [2.24, 2.45) is 0 Å². The number of nitrogens with one attached hydrogen (secondary N) is 2. The van der Waals surface area contributed by atoms with E-state index >= 15 is 0 Å². The molecule has 1 aromatic carbocycles. The number of benzene rings is 1. The van der Waals surface area contributed by atoms with Gasteiger partial charge in [-0.25, -0.2) is 4.98 Å². The Balaban J connectivity index is 2.03. The van der Waals surface area contributed by atoms with Crippen molar-refractivity contribution >= 4 is 22.9 Å². The Morgan fingerprint density at radius 2 is 2.16 bits per heavy atom. The van der Waals surface area contributed by atoms with Crippen LogP contribution in [0.4, 0.5) is 5.69 Å². The first-order valence-corrected chi connectivity index (χ1v) is 6.89. The summed E-state index contributed by atoms with van der Waals surface area (Å²) < 4.78 is 0. The van der Waals surface area contributed by atoms with Gasteiger partial charge in [-0.2, -0.15) is 0 Å². The van der Waals surface area contributed by atoms with E-state index in [1.54, 1.807) is 11.3 Å². The maximum atomic E-state index is 12.1. The summed E-state index contributed by atoms with van der Waals surface area (Å²) in [5.74, 6) is -0.0620. The molecule has 0 aliphatic carbocycles. The minimum absolute atomic E-state index is 0.0620. The number of nitrogens with zero attached hydrogens (tertiary/aromatic N) is 1. The van der Waals surface area contributed by atoms with Crippen LogP contribution >= 0.6 is 11.3 Å². The molecule has 2 aromatic rings. The molecule has 0 radical (unpaired) electrons. The van der Waals surface area contributed by atoms with E-state index in [0.717, 1.165) is 21.1 Å². The van der Waals surface area contributed by atoms with Crippen molar-refractivity contribution in [1.82, 2.24) is 10.3 Å². The van der Waals surface area contributed by atoms with Crippen LogP contribution in [0.3, 0.4) is 0 Å². The average molecular weight is 275 g/mol. The summed E-state index contributed by atoms with van der Waals surface area (Å²) in [6.45, 7) is 4.41. The molecule has 0 bridgehead atoms. The summed E-state index contributed by atoms with van der Waals surface area (Å²) in [4.78, 5) is 17.5. The van der Waals surface area contributed by atoms with E-state index in [0.29, 0.717) is 12.1 Å². The van der Waals surface area contributed by atoms with Gasteiger partial charge >= 0.3 is 0 Å². The molecule has 0 saturated carbocycles. The second-order valence-corrected chi connectivity index (χ2v) is 5.65. The van der Waals surface area contributed by atoms with Crippen LogP contribution in [0.5, 0.6) is 0 Å². The number of hydrogen-bond donors (Lipinski definition) is 2. The molecule has 0 aliphatic heterocycles. The number of carbonyl (C=O) groups excluding carboxylic acids is 1. The zero-order valence-corrected chi connectivity index (χ0v) is 12.1. The van der Waals surface area contributed by atoms with Crippen LogP contribution in [-0.4, -0.2) is 17.9 Å². The maximum Gasteiger partial charge on any atom is 0.251 e. The highest BCUT2D eigenvalue weighted by Crippen LogP contribution is 2.15. The molecule has 100 valence electrons. The quantitative estimate of drug-likeness (QED) is 0.902. The lowest BCUT2D eigenvalue weighted by Crippen LogP contribution is -2.23. The lowest BCUT2D eigenvalue weighted by molar-refractivity contribution is 0.0950. The van der Waals surface area contributed by atoms with Crippen LogP contribution in [0, 0.1) is 13.8 Å². The molecule has 19 heavy (non-hydrogen) atoms. The van der Waals surface area contributed by atoms with Crippen molar-refractivity contribution in [3.05, 3.63) is 45.4 Å². The predicted octanol–water partition coefficient (Wildman–Crippen LogP) is 2.73. The molecule has 1 aromatic heterocycles. The topological polar surface area (TPSA) is 54.0 Å². The Labute approximate surface area is 116 Å². The lowest BCUT2D eigenvalue weighted by atomic mass is 10.1. The molecule has 2 N–H and O–H groups in total. The largest absolute Gasteiger partial charge is 0.388 e. The fraction of sp³-hybridized carbons (Fsp3) is 0.286. The highest BCUT2D eigenvalue weighted by Gasteiger charge is 2.09. The molecule has 0 saturated heterocycles. The highest BCUT2D eigenvalue weighted by atomic mass is 32.1. The van der Waals surface area contributed by atoms with Gasteiger partial charge in [0, 0.05) is 29.4 Å². The molecule has 0 atom stereocenters. The highest BCUT2D eigenvalue weighted by molar-refractivity contribution is 7.11. The average Bonchev–Trinajstić information content (AvgIpc) is 2.81. The molecule has 2 rings (SSSR count). The van der Waals surface area contributed by atoms with E-state index in [-0.39, 0.29) is 5.91 Å². The van der Waals surface area contributed by atoms with Crippen LogP contribution < -0.4 is 10.6 Å². The third-order valence-corrected chi connectivity index (χ3v) is 3.74. The Morgan fingerprint density at radius 1 is 1.37 bits per heavy atom. The molecule has 1 heterocycles. The number of carbonyl (C=O) groups is 1. The summed E-state index contributed by atoms with van der Waals surface area (Å²) >= 11 is 1.60. The molecule has 1 amide bonds. The van der Waals surface area contributed by atoms with Crippen LogP contribution in [0.2, 0.25) is 0 Å². The summed E-state index contributed by atoms with van der Waals surface area (Å²) in [5.41, 5.74) is 2.66. The van der Waals surface area contributed by atoms with Gasteiger partial charge < -0.3 is 10.6 Å². The molecule has 0 spiro atoms. The number of hydrogen-bond acceptors (Lipinski definition) is 4. The third-order valence-electron chi connectivity index (χ3n) is 2.83. The maximum absolute atomic E-state index is 12.1. The number of rotatable bonds is 4. The van der Waals surface area contributed by atoms with E-state index in [4.69, 9.17) is 0 Å². The zero-order valence-electron chi connectivity index (χ0n) is 11.3. The number of thiazole rings is 1. The summed E-state index contributed by atoms with van der Waals surface area (Å²) in [5, 5.41) is 6.88. The van der Waals surface area contributed by atoms with E-state index in [2.05, 4.69) is 15.6 Å². The molecule has 5 heteroatoms. The Morgan fingerprint density at radius 3 is 2.74 bits per heavy atom. The minimum atomic E-state index is -0.0620. The molecule has 4 nitrogen and oxygen atoms in total. The summed E-state index contributed by atoms with van der Waals surface area (Å²) in [6.07, 6.45) is 1.82. The second-order valence-electron chi connectivity index (χ2n) is 4.33. The number of aryl methyl sites for hydroxylation is 2. The van der Waals surface area contributed by atoms with Crippen LogP contribution in [-0.2, 0) is 6.54 Å². The van der Waals surface area contributed by atoms with Crippen molar-refractivity contribution in [3.63, 3.8) is 0 Å². The lowest BCUT2D eigenvalue weighted by Gasteiger charge is -2.08. The van der Waals surface area contributed by atoms with Gasteiger partial charge in [0.1, 0.15) is 5.01 Å². The van der Waals surface area contributed by atoms with Gasteiger partial charge in [-0.1, -0.05) is 0 Å². The van der Waals surface area contributed by atoms with Crippen molar-refractivity contribution in [1.29, 1.82) is 0 Å². The van der Waals surface area contributed by atoms with E-state index in [1.807, 2.05) is 45.3 Å². The van der Waals surface area contributed by atoms with Crippen LogP contribution in [0.25, 0.3) is 0 Å². The standard InChI is InChI=1S/C14H17N3OS/c1-9-6-11(15-3)4-5-12(9)14(18)17-8-13-16-7-10(2)19-13/h4-7,15H,8H2,1-3H3,(H,17,18). The van der Waals surface area contributed by atoms with E-state index in [9.17, 15) is 4.79 Å². The second kappa shape index (κ2) is 5.84. The van der Waals surface area contributed by atoms with Gasteiger partial charge in [0.15, 0.2) is 0 Å². The van der Waals surface area contributed by atoms with Gasteiger partial charge in [0.25, 0.3) is 5.91 Å². The van der Waals surface area contributed by atoms with Crippen molar-refractivity contribution in [2.45, 2.75) is 20.4 Å². The summed E-state index contributed by atoms with van der Waals surface area (Å²) in [7, 11) is 1.86. The van der Waals surface area contributed by atoms with Gasteiger partial charge in [-0.05, 0) is 37.6 Å². The Kier molecular flexibility index (Phi) is 4.16.